The Labute approximate surface area is 219 Å². The van der Waals surface area contributed by atoms with Gasteiger partial charge in [-0.1, -0.05) is 78.2 Å². The number of halogens is 1. The molecule has 0 unspecified atom stereocenters. The zero-order valence-corrected chi connectivity index (χ0v) is 20.6. The summed E-state index contributed by atoms with van der Waals surface area (Å²) in [5, 5.41) is 9.67. The second-order valence-corrected chi connectivity index (χ2v) is 8.54. The largest absolute Gasteiger partial charge is 0.368 e. The molecule has 0 aromatic heterocycles. The van der Waals surface area contributed by atoms with Gasteiger partial charge in [0.05, 0.1) is 5.92 Å². The number of carbonyl (C=O) groups is 2. The van der Waals surface area contributed by atoms with Gasteiger partial charge in [0.2, 0.25) is 11.8 Å². The molecule has 38 heavy (non-hydrogen) atoms. The number of nitrogens with zero attached hydrogens (tertiary/aromatic N) is 3. The lowest BCUT2D eigenvalue weighted by Crippen LogP contribution is -2.49. The summed E-state index contributed by atoms with van der Waals surface area (Å²) in [6.07, 6.45) is 0.399. The summed E-state index contributed by atoms with van der Waals surface area (Å²) < 4.78 is 13.6. The second kappa shape index (κ2) is 13.5. The van der Waals surface area contributed by atoms with Gasteiger partial charge in [-0.3, -0.25) is 9.59 Å². The van der Waals surface area contributed by atoms with Crippen LogP contribution in [0.3, 0.4) is 0 Å². The van der Waals surface area contributed by atoms with Gasteiger partial charge in [0.15, 0.2) is 5.03 Å². The van der Waals surface area contributed by atoms with E-state index in [0.717, 1.165) is 11.1 Å². The Bertz CT molecular complexity index is 1220. The van der Waals surface area contributed by atoms with Crippen molar-refractivity contribution in [1.29, 1.82) is 0 Å². The van der Waals surface area contributed by atoms with Gasteiger partial charge in [-0.15, -0.1) is 0 Å². The van der Waals surface area contributed by atoms with Crippen molar-refractivity contribution in [3.8, 4) is 0 Å². The molecule has 3 aromatic rings. The Morgan fingerprint density at radius 3 is 2.00 bits per heavy atom. The lowest BCUT2D eigenvalue weighted by molar-refractivity contribution is -0.525. The summed E-state index contributed by atoms with van der Waals surface area (Å²) in [7, 11) is 0. The van der Waals surface area contributed by atoms with Gasteiger partial charge in [0, 0.05) is 13.1 Å². The van der Waals surface area contributed by atoms with E-state index in [1.165, 1.54) is 17.0 Å². The number of nitrogens with one attached hydrogen (secondary N) is 1. The van der Waals surface area contributed by atoms with Crippen molar-refractivity contribution in [2.24, 2.45) is 16.5 Å². The minimum Gasteiger partial charge on any atom is -0.368 e. The third-order valence-electron chi connectivity index (χ3n) is 5.89. The van der Waals surface area contributed by atoms with Crippen LogP contribution in [0.2, 0.25) is 0 Å². The monoisotopic (exact) mass is 520 g/mol. The van der Waals surface area contributed by atoms with Gasteiger partial charge < -0.3 is 16.4 Å². The zero-order valence-electron chi connectivity index (χ0n) is 20.6. The van der Waals surface area contributed by atoms with Gasteiger partial charge in [0.1, 0.15) is 11.9 Å². The van der Waals surface area contributed by atoms with E-state index in [-0.39, 0.29) is 37.8 Å². The molecule has 3 aromatic carbocycles. The molecule has 0 aliphatic carbocycles. The van der Waals surface area contributed by atoms with Crippen molar-refractivity contribution in [2.75, 3.05) is 6.54 Å². The van der Waals surface area contributed by atoms with Gasteiger partial charge in [0.25, 0.3) is 5.96 Å². The second-order valence-electron chi connectivity index (χ2n) is 8.54. The molecule has 0 saturated carbocycles. The van der Waals surface area contributed by atoms with Crippen LogP contribution in [0.1, 0.15) is 35.4 Å². The molecule has 0 heterocycles. The first kappa shape index (κ1) is 27.8. The highest BCUT2D eigenvalue weighted by atomic mass is 19.1. The first-order valence-corrected chi connectivity index (χ1v) is 11.9. The lowest BCUT2D eigenvalue weighted by Gasteiger charge is -2.33. The average Bonchev–Trinajstić information content (AvgIpc) is 2.89. The number of aliphatic imine (C=N–C) groups is 1. The quantitative estimate of drug-likeness (QED) is 0.110. The first-order valence-electron chi connectivity index (χ1n) is 11.9. The topological polar surface area (TPSA) is 157 Å². The van der Waals surface area contributed by atoms with Crippen LogP contribution in [0.15, 0.2) is 89.9 Å². The van der Waals surface area contributed by atoms with Crippen LogP contribution in [0, 0.1) is 15.9 Å². The average molecular weight is 521 g/mol. The van der Waals surface area contributed by atoms with E-state index >= 15 is 0 Å². The summed E-state index contributed by atoms with van der Waals surface area (Å²) in [4.78, 5) is 42.7. The summed E-state index contributed by atoms with van der Waals surface area (Å²) >= 11 is 0. The number of hydrogen-bond donors (Lipinski definition) is 3. The molecule has 5 N–H and O–H groups in total. The number of amides is 2. The van der Waals surface area contributed by atoms with E-state index in [4.69, 9.17) is 11.5 Å². The predicted octanol–water partition coefficient (Wildman–Crippen LogP) is 2.72. The minimum absolute atomic E-state index is 0.0111. The van der Waals surface area contributed by atoms with Gasteiger partial charge in [-0.2, -0.15) is 0 Å². The van der Waals surface area contributed by atoms with E-state index < -0.39 is 28.7 Å². The highest BCUT2D eigenvalue weighted by molar-refractivity contribution is 5.92. The van der Waals surface area contributed by atoms with Crippen molar-refractivity contribution >= 4 is 17.8 Å². The highest BCUT2D eigenvalue weighted by Crippen LogP contribution is 2.29. The minimum atomic E-state index is -1.03. The molecular formula is C27H29FN6O4. The Kier molecular flexibility index (Phi) is 9.86. The van der Waals surface area contributed by atoms with E-state index in [2.05, 4.69) is 4.99 Å². The van der Waals surface area contributed by atoms with Crippen LogP contribution < -0.4 is 16.9 Å². The number of guanidine groups is 1. The first-order chi connectivity index (χ1) is 18.3. The molecule has 0 saturated heterocycles. The van der Waals surface area contributed by atoms with Crippen LogP contribution in [-0.4, -0.2) is 40.3 Å². The highest BCUT2D eigenvalue weighted by Gasteiger charge is 2.34. The van der Waals surface area contributed by atoms with Crippen LogP contribution in [-0.2, 0) is 16.1 Å². The zero-order chi connectivity index (χ0) is 27.5. The molecule has 2 amide bonds. The fraction of sp³-hybridized carbons (Fsp3) is 0.222. The molecule has 1 atom stereocenters. The standard InChI is InChI=1S/C27H29FN6O4/c28-22-15-13-19(14-16-22)18-33(23(25(29)35)12-7-17-31-27(30)32-34(37)38)26(36)24(20-8-3-1-4-9-20)21-10-5-2-6-11-21/h1-6,8-11,13-16,23-24H,7,12,17-18H2,(H2,29,35)(H3,30,31,32)/t23-/m1/s1. The molecule has 0 fully saturated rings. The van der Waals surface area contributed by atoms with Gasteiger partial charge >= 0.3 is 0 Å². The van der Waals surface area contributed by atoms with Crippen LogP contribution in [0.5, 0.6) is 0 Å². The van der Waals surface area contributed by atoms with E-state index in [9.17, 15) is 24.1 Å². The van der Waals surface area contributed by atoms with E-state index in [1.54, 1.807) is 17.6 Å². The molecule has 0 aliphatic heterocycles. The van der Waals surface area contributed by atoms with Crippen molar-refractivity contribution in [3.63, 3.8) is 0 Å². The Balaban J connectivity index is 1.96. The maximum Gasteiger partial charge on any atom is 0.251 e. The van der Waals surface area contributed by atoms with Gasteiger partial charge in [-0.05, 0) is 41.7 Å². The maximum atomic E-state index is 14.2. The number of hydrazine groups is 1. The SMILES string of the molecule is NC(=O)[C@@H](CCCN=C(N)N[N+](=O)[O-])N(Cc1ccc(F)cc1)C(=O)C(c1ccccc1)c1ccccc1. The number of carbonyl (C=O) groups excluding carboxylic acids is 2. The van der Waals surface area contributed by atoms with Crippen LogP contribution in [0.25, 0.3) is 0 Å². The van der Waals surface area contributed by atoms with Crippen molar-refractivity contribution in [3.05, 3.63) is 118 Å². The number of benzene rings is 3. The fourth-order valence-electron chi connectivity index (χ4n) is 4.13. The van der Waals surface area contributed by atoms with Crippen LogP contribution >= 0.6 is 0 Å². The molecule has 10 nitrogen and oxygen atoms in total. The molecule has 3 rings (SSSR count). The number of hydrogen-bond acceptors (Lipinski definition) is 5. The predicted molar refractivity (Wildman–Crippen MR) is 141 cm³/mol. The Hall–Kier alpha value is -4.80. The van der Waals surface area contributed by atoms with E-state index in [1.807, 2.05) is 60.7 Å². The molecule has 0 spiro atoms. The van der Waals surface area contributed by atoms with Crippen LogP contribution in [0.4, 0.5) is 4.39 Å². The molecule has 0 aliphatic rings. The summed E-state index contributed by atoms with van der Waals surface area (Å²) in [5.74, 6) is -2.60. The summed E-state index contributed by atoms with van der Waals surface area (Å²) in [6, 6.07) is 23.0. The molecule has 198 valence electrons. The molecule has 0 radical (unpaired) electrons. The fourth-order valence-corrected chi connectivity index (χ4v) is 4.13. The normalized spacial score (nSPS) is 12.1. The van der Waals surface area contributed by atoms with Crippen molar-refractivity contribution < 1.29 is 19.0 Å². The third kappa shape index (κ3) is 7.85. The smallest absolute Gasteiger partial charge is 0.251 e. The number of rotatable bonds is 12. The van der Waals surface area contributed by atoms with E-state index in [0.29, 0.717) is 5.56 Å². The molecule has 0 bridgehead atoms. The summed E-state index contributed by atoms with van der Waals surface area (Å²) in [5.41, 5.74) is 15.1. The Morgan fingerprint density at radius 1 is 0.947 bits per heavy atom. The van der Waals surface area contributed by atoms with Crippen molar-refractivity contribution in [2.45, 2.75) is 31.3 Å². The number of primary amides is 1. The maximum absolute atomic E-state index is 14.2. The summed E-state index contributed by atoms with van der Waals surface area (Å²) in [6.45, 7) is 0.0764. The lowest BCUT2D eigenvalue weighted by atomic mass is 9.89. The number of nitrogens with two attached hydrogens (primary N) is 2. The van der Waals surface area contributed by atoms with Gasteiger partial charge in [-0.25, -0.2) is 19.5 Å². The van der Waals surface area contributed by atoms with Crippen molar-refractivity contribution in [1.82, 2.24) is 10.3 Å². The molecule has 11 heteroatoms. The molecular weight excluding hydrogens is 491 g/mol. The Morgan fingerprint density at radius 2 is 1.50 bits per heavy atom. The third-order valence-corrected chi connectivity index (χ3v) is 5.89. The number of nitro groups is 1.